The maximum atomic E-state index is 5.84. The number of hydrogen-bond acceptors (Lipinski definition) is 3. The average molecular weight is 228 g/mol. The van der Waals surface area contributed by atoms with E-state index in [9.17, 15) is 0 Å². The minimum Gasteiger partial charge on any atom is -0.364 e. The maximum absolute atomic E-state index is 5.84. The zero-order valence-corrected chi connectivity index (χ0v) is 10.3. The normalized spacial score (nSPS) is 11.5. The Balaban J connectivity index is 2.73. The molecule has 0 spiro atoms. The molecule has 0 aliphatic heterocycles. The first-order chi connectivity index (χ1) is 7.07. The third-order valence-electron chi connectivity index (χ3n) is 2.03. The maximum Gasteiger partial charge on any atom is 0.130 e. The van der Waals surface area contributed by atoms with Gasteiger partial charge in [0, 0.05) is 23.2 Å². The van der Waals surface area contributed by atoms with Crippen molar-refractivity contribution < 1.29 is 0 Å². The smallest absolute Gasteiger partial charge is 0.130 e. The molecule has 0 fully saturated rings. The van der Waals surface area contributed by atoms with Gasteiger partial charge in [0.25, 0.3) is 0 Å². The summed E-state index contributed by atoms with van der Waals surface area (Å²) in [5.74, 6) is 1.39. The Labute approximate surface area is 96.3 Å². The fraction of sp³-hybridized carbons (Fsp3) is 0.636. The summed E-state index contributed by atoms with van der Waals surface area (Å²) in [4.78, 5) is 8.37. The van der Waals surface area contributed by atoms with Crippen molar-refractivity contribution in [3.05, 3.63) is 18.1 Å². The lowest BCUT2D eigenvalue weighted by atomic mass is 10.1. The monoisotopic (exact) mass is 227 g/mol. The van der Waals surface area contributed by atoms with Crippen LogP contribution in [0.2, 0.25) is 0 Å². The predicted octanol–water partition coefficient (Wildman–Crippen LogP) is 2.86. The molecular weight excluding hydrogens is 210 g/mol. The molecule has 1 heterocycles. The minimum atomic E-state index is -0.139. The van der Waals surface area contributed by atoms with Crippen LogP contribution in [0.15, 0.2) is 12.4 Å². The fourth-order valence-corrected chi connectivity index (χ4v) is 1.31. The van der Waals surface area contributed by atoms with E-state index in [0.29, 0.717) is 5.88 Å². The summed E-state index contributed by atoms with van der Waals surface area (Å²) in [6.45, 7) is 6.22. The summed E-state index contributed by atoms with van der Waals surface area (Å²) < 4.78 is 0. The Kier molecular flexibility index (Phi) is 4.33. The second kappa shape index (κ2) is 5.31. The zero-order valence-electron chi connectivity index (χ0n) is 9.55. The van der Waals surface area contributed by atoms with Crippen LogP contribution in [0.3, 0.4) is 0 Å². The Morgan fingerprint density at radius 2 is 2.13 bits per heavy atom. The first-order valence-corrected chi connectivity index (χ1v) is 5.76. The summed E-state index contributed by atoms with van der Waals surface area (Å²) >= 11 is 5.84. The molecule has 84 valence electrons. The van der Waals surface area contributed by atoms with Gasteiger partial charge in [0.2, 0.25) is 0 Å². The fourth-order valence-electron chi connectivity index (χ4n) is 1.24. The van der Waals surface area contributed by atoms with Crippen LogP contribution in [-0.4, -0.2) is 21.4 Å². The Bertz CT molecular complexity index is 312. The number of anilines is 1. The van der Waals surface area contributed by atoms with Gasteiger partial charge in [0.05, 0.1) is 0 Å². The lowest BCUT2D eigenvalue weighted by Gasteiger charge is -2.23. The second-order valence-electron chi connectivity index (χ2n) is 4.29. The van der Waals surface area contributed by atoms with Crippen molar-refractivity contribution in [3.63, 3.8) is 0 Å². The number of aryl methyl sites for hydroxylation is 1. The topological polar surface area (TPSA) is 37.8 Å². The van der Waals surface area contributed by atoms with Gasteiger partial charge in [0.1, 0.15) is 12.1 Å². The van der Waals surface area contributed by atoms with Gasteiger partial charge in [-0.3, -0.25) is 0 Å². The van der Waals surface area contributed by atoms with E-state index in [4.69, 9.17) is 11.6 Å². The summed E-state index contributed by atoms with van der Waals surface area (Å²) in [6, 6.07) is 1.98. The van der Waals surface area contributed by atoms with Crippen molar-refractivity contribution in [2.24, 2.45) is 0 Å². The number of aromatic nitrogens is 2. The third-order valence-corrected chi connectivity index (χ3v) is 2.70. The molecule has 0 saturated heterocycles. The van der Waals surface area contributed by atoms with Crippen LogP contribution in [0.4, 0.5) is 5.82 Å². The van der Waals surface area contributed by atoms with Gasteiger partial charge in [-0.1, -0.05) is 13.3 Å². The van der Waals surface area contributed by atoms with Crippen LogP contribution >= 0.6 is 11.6 Å². The van der Waals surface area contributed by atoms with Crippen LogP contribution < -0.4 is 5.32 Å². The summed E-state index contributed by atoms with van der Waals surface area (Å²) in [7, 11) is 0. The number of nitrogens with one attached hydrogen (secondary N) is 1. The van der Waals surface area contributed by atoms with E-state index in [1.54, 1.807) is 6.33 Å². The van der Waals surface area contributed by atoms with E-state index in [0.717, 1.165) is 24.4 Å². The summed E-state index contributed by atoms with van der Waals surface area (Å²) in [6.07, 6.45) is 3.67. The van der Waals surface area contributed by atoms with E-state index in [1.807, 2.05) is 19.9 Å². The molecule has 0 radical (unpaired) electrons. The van der Waals surface area contributed by atoms with Crippen LogP contribution in [-0.2, 0) is 6.42 Å². The van der Waals surface area contributed by atoms with Gasteiger partial charge in [-0.15, -0.1) is 11.6 Å². The number of nitrogens with zero attached hydrogens (tertiary/aromatic N) is 2. The van der Waals surface area contributed by atoms with Crippen molar-refractivity contribution in [2.45, 2.75) is 39.2 Å². The average Bonchev–Trinajstić information content (AvgIpc) is 2.18. The van der Waals surface area contributed by atoms with Crippen LogP contribution in [0, 0.1) is 0 Å². The van der Waals surface area contributed by atoms with Gasteiger partial charge >= 0.3 is 0 Å². The largest absolute Gasteiger partial charge is 0.364 e. The third kappa shape index (κ3) is 4.04. The van der Waals surface area contributed by atoms with E-state index in [1.165, 1.54) is 0 Å². The standard InChI is InChI=1S/C11H18ClN3/c1-4-5-9-6-10(14-8-13-9)15-11(2,3)7-12/h6,8H,4-5,7H2,1-3H3,(H,13,14,15). The van der Waals surface area contributed by atoms with Crippen LogP contribution in [0.5, 0.6) is 0 Å². The van der Waals surface area contributed by atoms with Gasteiger partial charge < -0.3 is 5.32 Å². The number of halogens is 1. The van der Waals surface area contributed by atoms with Crippen molar-refractivity contribution in [1.82, 2.24) is 9.97 Å². The highest BCUT2D eigenvalue weighted by molar-refractivity contribution is 6.18. The minimum absolute atomic E-state index is 0.139. The van der Waals surface area contributed by atoms with E-state index in [2.05, 4.69) is 22.2 Å². The Morgan fingerprint density at radius 3 is 2.73 bits per heavy atom. The summed E-state index contributed by atoms with van der Waals surface area (Å²) in [5.41, 5.74) is 0.930. The van der Waals surface area contributed by atoms with Crippen LogP contribution in [0.25, 0.3) is 0 Å². The molecule has 0 bridgehead atoms. The molecule has 0 aromatic carbocycles. The van der Waals surface area contributed by atoms with Crippen LogP contribution in [0.1, 0.15) is 32.9 Å². The lowest BCUT2D eigenvalue weighted by Crippen LogP contribution is -2.33. The quantitative estimate of drug-likeness (QED) is 0.787. The molecule has 1 aromatic heterocycles. The molecule has 0 unspecified atom stereocenters. The lowest BCUT2D eigenvalue weighted by molar-refractivity contribution is 0.637. The highest BCUT2D eigenvalue weighted by Crippen LogP contribution is 2.14. The predicted molar refractivity (Wildman–Crippen MR) is 64.4 cm³/mol. The highest BCUT2D eigenvalue weighted by Gasteiger charge is 2.16. The second-order valence-corrected chi connectivity index (χ2v) is 4.55. The van der Waals surface area contributed by atoms with E-state index < -0.39 is 0 Å². The zero-order chi connectivity index (χ0) is 11.3. The number of rotatable bonds is 5. The first kappa shape index (κ1) is 12.2. The van der Waals surface area contributed by atoms with Crippen molar-refractivity contribution >= 4 is 17.4 Å². The SMILES string of the molecule is CCCc1cc(NC(C)(C)CCl)ncn1. The number of alkyl halides is 1. The molecule has 1 rings (SSSR count). The molecule has 0 aliphatic carbocycles. The molecule has 0 saturated carbocycles. The molecule has 15 heavy (non-hydrogen) atoms. The van der Waals surface area contributed by atoms with Crippen molar-refractivity contribution in [3.8, 4) is 0 Å². The first-order valence-electron chi connectivity index (χ1n) is 5.22. The molecule has 0 amide bonds. The molecule has 1 N–H and O–H groups in total. The van der Waals surface area contributed by atoms with E-state index in [-0.39, 0.29) is 5.54 Å². The molecular formula is C11H18ClN3. The Morgan fingerprint density at radius 1 is 1.40 bits per heavy atom. The van der Waals surface area contributed by atoms with Crippen molar-refractivity contribution in [1.29, 1.82) is 0 Å². The van der Waals surface area contributed by atoms with Gasteiger partial charge in [0.15, 0.2) is 0 Å². The highest BCUT2D eigenvalue weighted by atomic mass is 35.5. The number of hydrogen-bond donors (Lipinski definition) is 1. The Hall–Kier alpha value is -0.830. The molecule has 3 nitrogen and oxygen atoms in total. The summed E-state index contributed by atoms with van der Waals surface area (Å²) in [5, 5.41) is 3.28. The van der Waals surface area contributed by atoms with Crippen molar-refractivity contribution in [2.75, 3.05) is 11.2 Å². The van der Waals surface area contributed by atoms with Gasteiger partial charge in [-0.05, 0) is 20.3 Å². The van der Waals surface area contributed by atoms with Gasteiger partial charge in [-0.2, -0.15) is 0 Å². The molecule has 0 atom stereocenters. The van der Waals surface area contributed by atoms with E-state index >= 15 is 0 Å². The molecule has 0 aliphatic rings. The van der Waals surface area contributed by atoms with Gasteiger partial charge in [-0.25, -0.2) is 9.97 Å². The molecule has 1 aromatic rings. The molecule has 4 heteroatoms.